The molecule has 0 atom stereocenters. The fraction of sp³-hybridized carbons (Fsp3) is 0.294. The van der Waals surface area contributed by atoms with Crippen LogP contribution in [0.4, 0.5) is 0 Å². The third-order valence-electron chi connectivity index (χ3n) is 3.76. The van der Waals surface area contributed by atoms with Gasteiger partial charge in [-0.25, -0.2) is 4.98 Å². The number of aliphatic hydroxyl groups excluding tert-OH is 1. The molecule has 0 bridgehead atoms. The van der Waals surface area contributed by atoms with E-state index in [0.29, 0.717) is 6.54 Å². The average molecular weight is 296 g/mol. The highest BCUT2D eigenvalue weighted by Gasteiger charge is 2.09. The zero-order chi connectivity index (χ0) is 15.2. The summed E-state index contributed by atoms with van der Waals surface area (Å²) in [6, 6.07) is 10.4. The molecule has 0 unspecified atom stereocenters. The van der Waals surface area contributed by atoms with E-state index < -0.39 is 0 Å². The third-order valence-corrected chi connectivity index (χ3v) is 3.76. The molecule has 22 heavy (non-hydrogen) atoms. The van der Waals surface area contributed by atoms with E-state index in [1.807, 2.05) is 22.9 Å². The standard InChI is InChI=1S/C17H20N4O/c22-11-10-20(8-6-15-4-2-1-3-5-15)14-16-12-19-17-13-18-7-9-21(16)17/h1-5,7,9,12-13,22H,6,8,10-11,14H2. The molecule has 0 spiro atoms. The number of aliphatic hydroxyl groups is 1. The molecule has 0 aliphatic carbocycles. The minimum absolute atomic E-state index is 0.160. The molecule has 2 heterocycles. The lowest BCUT2D eigenvalue weighted by molar-refractivity contribution is 0.190. The van der Waals surface area contributed by atoms with Gasteiger partial charge in [-0.05, 0) is 12.0 Å². The van der Waals surface area contributed by atoms with Gasteiger partial charge < -0.3 is 5.11 Å². The van der Waals surface area contributed by atoms with Crippen LogP contribution >= 0.6 is 0 Å². The van der Waals surface area contributed by atoms with Crippen molar-refractivity contribution in [1.29, 1.82) is 0 Å². The number of fused-ring (bicyclic) bond motifs is 1. The molecule has 0 saturated carbocycles. The summed E-state index contributed by atoms with van der Waals surface area (Å²) >= 11 is 0. The van der Waals surface area contributed by atoms with Gasteiger partial charge in [0.1, 0.15) is 0 Å². The molecule has 0 aliphatic heterocycles. The first-order chi connectivity index (χ1) is 10.9. The Hall–Kier alpha value is -2.24. The number of aromatic nitrogens is 3. The number of hydrogen-bond donors (Lipinski definition) is 1. The van der Waals surface area contributed by atoms with Crippen molar-refractivity contribution in [3.8, 4) is 0 Å². The fourth-order valence-corrected chi connectivity index (χ4v) is 2.58. The second kappa shape index (κ2) is 7.15. The maximum absolute atomic E-state index is 9.30. The van der Waals surface area contributed by atoms with Gasteiger partial charge >= 0.3 is 0 Å². The van der Waals surface area contributed by atoms with Crippen LogP contribution in [0.2, 0.25) is 0 Å². The van der Waals surface area contributed by atoms with Gasteiger partial charge in [0.15, 0.2) is 5.65 Å². The van der Waals surface area contributed by atoms with Gasteiger partial charge in [-0.3, -0.25) is 14.3 Å². The Bertz CT molecular complexity index is 711. The lowest BCUT2D eigenvalue weighted by Crippen LogP contribution is -2.29. The van der Waals surface area contributed by atoms with E-state index >= 15 is 0 Å². The predicted molar refractivity (Wildman–Crippen MR) is 85.5 cm³/mol. The minimum Gasteiger partial charge on any atom is -0.395 e. The Labute approximate surface area is 129 Å². The topological polar surface area (TPSA) is 53.7 Å². The SMILES string of the molecule is OCCN(CCc1ccccc1)Cc1cnc2cnccn12. The van der Waals surface area contributed by atoms with Crippen molar-refractivity contribution in [1.82, 2.24) is 19.3 Å². The van der Waals surface area contributed by atoms with Gasteiger partial charge in [-0.2, -0.15) is 0 Å². The van der Waals surface area contributed by atoms with Crippen molar-refractivity contribution in [2.24, 2.45) is 0 Å². The lowest BCUT2D eigenvalue weighted by Gasteiger charge is -2.21. The summed E-state index contributed by atoms with van der Waals surface area (Å²) in [5.74, 6) is 0. The monoisotopic (exact) mass is 296 g/mol. The summed E-state index contributed by atoms with van der Waals surface area (Å²) in [4.78, 5) is 10.7. The smallest absolute Gasteiger partial charge is 0.155 e. The normalized spacial score (nSPS) is 11.4. The highest BCUT2D eigenvalue weighted by atomic mass is 16.3. The molecular formula is C17H20N4O. The van der Waals surface area contributed by atoms with E-state index in [2.05, 4.69) is 39.1 Å². The van der Waals surface area contributed by atoms with Crippen LogP contribution < -0.4 is 0 Å². The van der Waals surface area contributed by atoms with Crippen LogP contribution in [0.5, 0.6) is 0 Å². The van der Waals surface area contributed by atoms with E-state index in [9.17, 15) is 5.11 Å². The van der Waals surface area contributed by atoms with Gasteiger partial charge in [0, 0.05) is 32.0 Å². The number of rotatable bonds is 7. The van der Waals surface area contributed by atoms with Crippen molar-refractivity contribution in [3.05, 3.63) is 66.4 Å². The summed E-state index contributed by atoms with van der Waals surface area (Å²) in [6.07, 6.45) is 8.29. The Balaban J connectivity index is 1.68. The second-order valence-corrected chi connectivity index (χ2v) is 5.29. The molecule has 3 rings (SSSR count). The summed E-state index contributed by atoms with van der Waals surface area (Å²) in [7, 11) is 0. The largest absolute Gasteiger partial charge is 0.395 e. The van der Waals surface area contributed by atoms with Crippen molar-refractivity contribution in [3.63, 3.8) is 0 Å². The first kappa shape index (κ1) is 14.7. The highest BCUT2D eigenvalue weighted by Crippen LogP contribution is 2.09. The molecule has 114 valence electrons. The number of nitrogens with zero attached hydrogens (tertiary/aromatic N) is 4. The van der Waals surface area contributed by atoms with Crippen LogP contribution in [0, 0.1) is 0 Å². The molecule has 5 heteroatoms. The fourth-order valence-electron chi connectivity index (χ4n) is 2.58. The van der Waals surface area contributed by atoms with Gasteiger partial charge in [0.05, 0.1) is 24.7 Å². The van der Waals surface area contributed by atoms with Crippen molar-refractivity contribution in [2.45, 2.75) is 13.0 Å². The molecule has 3 aromatic rings. The molecule has 0 aliphatic rings. The first-order valence-corrected chi connectivity index (χ1v) is 7.50. The van der Waals surface area contributed by atoms with E-state index in [1.165, 1.54) is 5.56 Å². The highest BCUT2D eigenvalue weighted by molar-refractivity contribution is 5.36. The quantitative estimate of drug-likeness (QED) is 0.722. The van der Waals surface area contributed by atoms with Gasteiger partial charge in [-0.15, -0.1) is 0 Å². The minimum atomic E-state index is 0.160. The molecule has 0 amide bonds. The third kappa shape index (κ3) is 3.50. The molecule has 2 aromatic heterocycles. The summed E-state index contributed by atoms with van der Waals surface area (Å²) < 4.78 is 2.04. The van der Waals surface area contributed by atoms with E-state index in [4.69, 9.17) is 0 Å². The summed E-state index contributed by atoms with van der Waals surface area (Å²) in [5, 5.41) is 9.30. The summed E-state index contributed by atoms with van der Waals surface area (Å²) in [6.45, 7) is 2.49. The first-order valence-electron chi connectivity index (χ1n) is 7.50. The van der Waals surface area contributed by atoms with Crippen LogP contribution in [0.1, 0.15) is 11.3 Å². The average Bonchev–Trinajstić information content (AvgIpc) is 2.97. The molecular weight excluding hydrogens is 276 g/mol. The zero-order valence-electron chi connectivity index (χ0n) is 12.5. The van der Waals surface area contributed by atoms with E-state index in [-0.39, 0.29) is 6.61 Å². The molecule has 0 saturated heterocycles. The number of benzene rings is 1. The van der Waals surface area contributed by atoms with Crippen LogP contribution in [-0.2, 0) is 13.0 Å². The lowest BCUT2D eigenvalue weighted by atomic mass is 10.1. The Morgan fingerprint density at radius 2 is 1.95 bits per heavy atom. The van der Waals surface area contributed by atoms with Gasteiger partial charge in [0.2, 0.25) is 0 Å². The maximum Gasteiger partial charge on any atom is 0.155 e. The summed E-state index contributed by atoms with van der Waals surface area (Å²) in [5.41, 5.74) is 3.27. The van der Waals surface area contributed by atoms with Crippen molar-refractivity contribution in [2.75, 3.05) is 19.7 Å². The molecule has 5 nitrogen and oxygen atoms in total. The van der Waals surface area contributed by atoms with E-state index in [0.717, 1.165) is 30.9 Å². The van der Waals surface area contributed by atoms with Crippen molar-refractivity contribution < 1.29 is 5.11 Å². The predicted octanol–water partition coefficient (Wildman–Crippen LogP) is 1.77. The second-order valence-electron chi connectivity index (χ2n) is 5.29. The number of imidazole rings is 1. The maximum atomic E-state index is 9.30. The molecule has 1 N–H and O–H groups in total. The molecule has 0 fully saturated rings. The van der Waals surface area contributed by atoms with Crippen LogP contribution in [-0.4, -0.2) is 44.1 Å². The Kier molecular flexibility index (Phi) is 4.78. The molecule has 1 aromatic carbocycles. The zero-order valence-corrected chi connectivity index (χ0v) is 12.5. The van der Waals surface area contributed by atoms with Crippen LogP contribution in [0.15, 0.2) is 55.1 Å². The van der Waals surface area contributed by atoms with Crippen LogP contribution in [0.25, 0.3) is 5.65 Å². The van der Waals surface area contributed by atoms with Gasteiger partial charge in [0.25, 0.3) is 0 Å². The number of hydrogen-bond acceptors (Lipinski definition) is 4. The van der Waals surface area contributed by atoms with E-state index in [1.54, 1.807) is 12.4 Å². The Morgan fingerprint density at radius 1 is 1.09 bits per heavy atom. The molecule has 0 radical (unpaired) electrons. The van der Waals surface area contributed by atoms with Crippen LogP contribution in [0.3, 0.4) is 0 Å². The Morgan fingerprint density at radius 3 is 2.77 bits per heavy atom. The van der Waals surface area contributed by atoms with Crippen molar-refractivity contribution >= 4 is 5.65 Å². The van der Waals surface area contributed by atoms with Gasteiger partial charge in [-0.1, -0.05) is 30.3 Å².